The number of para-hydroxylation sites is 1. The lowest BCUT2D eigenvalue weighted by atomic mass is 10.2. The van der Waals surface area contributed by atoms with Crippen LogP contribution in [0.15, 0.2) is 64.3 Å². The summed E-state index contributed by atoms with van der Waals surface area (Å²) < 4.78 is 27.4. The summed E-state index contributed by atoms with van der Waals surface area (Å²) >= 11 is 0. The van der Waals surface area contributed by atoms with Crippen LogP contribution in [0.5, 0.6) is 0 Å². The summed E-state index contributed by atoms with van der Waals surface area (Å²) in [6, 6.07) is 13.7. The Labute approximate surface area is 205 Å². The number of carbonyl (C=O) groups excluding carboxylic acids is 1. The first-order chi connectivity index (χ1) is 16.9. The number of sulfonamides is 1. The fourth-order valence-corrected chi connectivity index (χ4v) is 5.71. The van der Waals surface area contributed by atoms with E-state index in [4.69, 9.17) is 0 Å². The molecule has 0 spiro atoms. The van der Waals surface area contributed by atoms with Crippen LogP contribution in [0.2, 0.25) is 0 Å². The van der Waals surface area contributed by atoms with Gasteiger partial charge in [0, 0.05) is 25.7 Å². The van der Waals surface area contributed by atoms with Gasteiger partial charge in [0.25, 0.3) is 5.56 Å². The molecule has 3 aromatic rings. The van der Waals surface area contributed by atoms with Gasteiger partial charge in [0.15, 0.2) is 0 Å². The number of rotatable bonds is 7. The van der Waals surface area contributed by atoms with Crippen LogP contribution in [-0.2, 0) is 21.4 Å². The number of amides is 1. The Morgan fingerprint density at radius 1 is 1.06 bits per heavy atom. The molecule has 184 valence electrons. The first-order valence-electron chi connectivity index (χ1n) is 11.9. The van der Waals surface area contributed by atoms with Crippen molar-refractivity contribution in [1.82, 2.24) is 19.2 Å². The van der Waals surface area contributed by atoms with E-state index < -0.39 is 10.0 Å². The predicted molar refractivity (Wildman–Crippen MR) is 136 cm³/mol. The zero-order chi connectivity index (χ0) is 24.8. The Morgan fingerprint density at radius 2 is 1.74 bits per heavy atom. The largest absolute Gasteiger partial charge is 0.332 e. The smallest absolute Gasteiger partial charge is 0.258 e. The number of nitrogens with one attached hydrogen (secondary N) is 1. The molecule has 1 aromatic heterocycles. The summed E-state index contributed by atoms with van der Waals surface area (Å²) in [6.45, 7) is 3.58. The minimum Gasteiger partial charge on any atom is -0.332 e. The minimum absolute atomic E-state index is 0.173. The number of carbonyl (C=O) groups is 1. The lowest BCUT2D eigenvalue weighted by molar-refractivity contribution is -0.126. The Balaban J connectivity index is 1.44. The molecule has 1 saturated heterocycles. The first-order valence-corrected chi connectivity index (χ1v) is 13.4. The van der Waals surface area contributed by atoms with E-state index in [1.165, 1.54) is 6.08 Å². The van der Waals surface area contributed by atoms with Crippen LogP contribution in [-0.4, -0.2) is 53.1 Å². The van der Waals surface area contributed by atoms with Gasteiger partial charge in [-0.05, 0) is 55.7 Å². The number of benzene rings is 2. The summed E-state index contributed by atoms with van der Waals surface area (Å²) in [6.07, 6.45) is 7.00. The predicted octanol–water partition coefficient (Wildman–Crippen LogP) is 3.55. The monoisotopic (exact) mass is 494 g/mol. The van der Waals surface area contributed by atoms with E-state index in [-0.39, 0.29) is 22.9 Å². The number of aromatic amines is 1. The maximum Gasteiger partial charge on any atom is 0.258 e. The van der Waals surface area contributed by atoms with Crippen molar-refractivity contribution in [3.05, 3.63) is 76.3 Å². The van der Waals surface area contributed by atoms with Gasteiger partial charge in [0.05, 0.1) is 22.3 Å². The molecule has 9 heteroatoms. The number of H-pyrrole nitrogens is 1. The Hall–Kier alpha value is -3.30. The number of nitrogens with zero attached hydrogens (tertiary/aromatic N) is 3. The molecule has 0 aliphatic carbocycles. The van der Waals surface area contributed by atoms with Gasteiger partial charge in [0.2, 0.25) is 15.9 Å². The average Bonchev–Trinajstić information content (AvgIpc) is 3.16. The van der Waals surface area contributed by atoms with Crippen molar-refractivity contribution in [2.24, 2.45) is 0 Å². The molecule has 1 aliphatic rings. The van der Waals surface area contributed by atoms with Crippen molar-refractivity contribution in [2.75, 3.05) is 19.6 Å². The number of aromatic nitrogens is 2. The molecule has 35 heavy (non-hydrogen) atoms. The quantitative estimate of drug-likeness (QED) is 0.506. The summed E-state index contributed by atoms with van der Waals surface area (Å²) in [7, 11) is -3.51. The highest BCUT2D eigenvalue weighted by atomic mass is 32.2. The summed E-state index contributed by atoms with van der Waals surface area (Å²) in [5, 5.41) is 0.506. The van der Waals surface area contributed by atoms with E-state index in [1.807, 2.05) is 13.0 Å². The van der Waals surface area contributed by atoms with Gasteiger partial charge in [-0.3, -0.25) is 9.59 Å². The van der Waals surface area contributed by atoms with Crippen LogP contribution in [0, 0.1) is 0 Å². The molecule has 1 N–H and O–H groups in total. The highest BCUT2D eigenvalue weighted by Crippen LogP contribution is 2.21. The van der Waals surface area contributed by atoms with Crippen molar-refractivity contribution in [3.63, 3.8) is 0 Å². The molecular weight excluding hydrogens is 464 g/mol. The van der Waals surface area contributed by atoms with Gasteiger partial charge in [-0.2, -0.15) is 4.31 Å². The summed E-state index contributed by atoms with van der Waals surface area (Å²) in [5.74, 6) is 0.185. The molecule has 0 bridgehead atoms. The molecule has 0 radical (unpaired) electrons. The maximum atomic E-state index is 12.9. The molecule has 1 amide bonds. The molecule has 0 atom stereocenters. The topological polar surface area (TPSA) is 103 Å². The lowest BCUT2D eigenvalue weighted by Crippen LogP contribution is -2.31. The van der Waals surface area contributed by atoms with Crippen molar-refractivity contribution >= 4 is 32.9 Å². The SMILES string of the molecule is CCN(Cc1nc2ccccc2c(=O)[nH]1)C(=O)/C=C\c1ccc(S(=O)(=O)N2CCCCCC2)cc1. The molecule has 0 saturated carbocycles. The van der Waals surface area contributed by atoms with Gasteiger partial charge in [-0.25, -0.2) is 13.4 Å². The average molecular weight is 495 g/mol. The van der Waals surface area contributed by atoms with Gasteiger partial charge >= 0.3 is 0 Å². The zero-order valence-electron chi connectivity index (χ0n) is 19.8. The van der Waals surface area contributed by atoms with E-state index in [0.29, 0.717) is 36.4 Å². The second-order valence-corrected chi connectivity index (χ2v) is 10.5. The third-order valence-electron chi connectivity index (χ3n) is 6.20. The highest BCUT2D eigenvalue weighted by Gasteiger charge is 2.24. The Kier molecular flexibility index (Phi) is 7.77. The van der Waals surface area contributed by atoms with Gasteiger partial charge in [0.1, 0.15) is 5.82 Å². The van der Waals surface area contributed by atoms with E-state index >= 15 is 0 Å². The fourth-order valence-electron chi connectivity index (χ4n) is 4.19. The van der Waals surface area contributed by atoms with Crippen molar-refractivity contribution in [3.8, 4) is 0 Å². The summed E-state index contributed by atoms with van der Waals surface area (Å²) in [4.78, 5) is 34.1. The van der Waals surface area contributed by atoms with Crippen LogP contribution in [0.25, 0.3) is 17.0 Å². The van der Waals surface area contributed by atoms with Gasteiger partial charge in [-0.1, -0.05) is 37.1 Å². The molecule has 2 heterocycles. The highest BCUT2D eigenvalue weighted by molar-refractivity contribution is 7.89. The van der Waals surface area contributed by atoms with Crippen LogP contribution in [0.1, 0.15) is 44.0 Å². The first kappa shape index (κ1) is 24.8. The van der Waals surface area contributed by atoms with Crippen molar-refractivity contribution in [2.45, 2.75) is 44.0 Å². The van der Waals surface area contributed by atoms with Crippen LogP contribution in [0.3, 0.4) is 0 Å². The van der Waals surface area contributed by atoms with Crippen LogP contribution >= 0.6 is 0 Å². The van der Waals surface area contributed by atoms with Gasteiger partial charge < -0.3 is 9.88 Å². The number of hydrogen-bond acceptors (Lipinski definition) is 5. The minimum atomic E-state index is -3.51. The van der Waals surface area contributed by atoms with E-state index in [1.54, 1.807) is 57.7 Å². The molecular formula is C26H30N4O4S. The molecule has 1 aliphatic heterocycles. The van der Waals surface area contributed by atoms with Crippen molar-refractivity contribution < 1.29 is 13.2 Å². The second kappa shape index (κ2) is 11.0. The Bertz CT molecular complexity index is 1370. The second-order valence-electron chi connectivity index (χ2n) is 8.60. The normalized spacial score (nSPS) is 15.3. The molecule has 4 rings (SSSR count). The molecule has 0 unspecified atom stereocenters. The molecule has 1 fully saturated rings. The van der Waals surface area contributed by atoms with E-state index in [9.17, 15) is 18.0 Å². The standard InChI is InChI=1S/C26H30N4O4S/c1-2-29(19-24-27-23-10-6-5-9-22(23)26(32)28-24)25(31)16-13-20-11-14-21(15-12-20)35(33,34)30-17-7-3-4-8-18-30/h5-6,9-16H,2-4,7-8,17-19H2,1H3,(H,27,28,32)/b16-13-. The number of likely N-dealkylation sites (N-methyl/N-ethyl adjacent to an activating group) is 1. The van der Waals surface area contributed by atoms with Gasteiger partial charge in [-0.15, -0.1) is 0 Å². The Morgan fingerprint density at radius 3 is 2.43 bits per heavy atom. The summed E-state index contributed by atoms with van der Waals surface area (Å²) in [5.41, 5.74) is 1.07. The van der Waals surface area contributed by atoms with E-state index in [0.717, 1.165) is 31.2 Å². The van der Waals surface area contributed by atoms with E-state index in [2.05, 4.69) is 9.97 Å². The van der Waals surface area contributed by atoms with Crippen LogP contribution in [0.4, 0.5) is 0 Å². The number of hydrogen-bond donors (Lipinski definition) is 1. The third kappa shape index (κ3) is 5.86. The van der Waals surface area contributed by atoms with Crippen LogP contribution < -0.4 is 5.56 Å². The third-order valence-corrected chi connectivity index (χ3v) is 8.11. The zero-order valence-corrected chi connectivity index (χ0v) is 20.6. The molecule has 8 nitrogen and oxygen atoms in total. The lowest BCUT2D eigenvalue weighted by Gasteiger charge is -2.20. The number of fused-ring (bicyclic) bond motifs is 1. The van der Waals surface area contributed by atoms with Crippen molar-refractivity contribution in [1.29, 1.82) is 0 Å². The molecule has 2 aromatic carbocycles. The maximum absolute atomic E-state index is 12.9. The fraction of sp³-hybridized carbons (Fsp3) is 0.346.